The van der Waals surface area contributed by atoms with Gasteiger partial charge in [-0.1, -0.05) is 13.3 Å². The Labute approximate surface area is 107 Å². The van der Waals surface area contributed by atoms with E-state index in [-0.39, 0.29) is 5.82 Å². The van der Waals surface area contributed by atoms with Crippen LogP contribution in [0.25, 0.3) is 10.9 Å². The van der Waals surface area contributed by atoms with E-state index in [0.29, 0.717) is 0 Å². The summed E-state index contributed by atoms with van der Waals surface area (Å²) in [4.78, 5) is 4.65. The summed E-state index contributed by atoms with van der Waals surface area (Å²) in [7, 11) is 0. The van der Waals surface area contributed by atoms with E-state index in [1.807, 2.05) is 6.92 Å². The number of nitrogens with one attached hydrogen (secondary N) is 1. The van der Waals surface area contributed by atoms with Crippen molar-refractivity contribution in [3.05, 3.63) is 35.1 Å². The lowest BCUT2D eigenvalue weighted by molar-refractivity contribution is 0.628. The molecule has 0 aliphatic carbocycles. The molecule has 0 spiro atoms. The molecule has 0 radical (unpaired) electrons. The summed E-state index contributed by atoms with van der Waals surface area (Å²) in [5.74, 6) is 0.738. The maximum absolute atomic E-state index is 13.4. The standard InChI is InChI=1S/C15H19FN2/c1-4-6-11-8-12-9-13(16)7-10(3)14(12)18-15(11)17-5-2/h7-9H,4-6H2,1-3H3,(H,17,18). The van der Waals surface area contributed by atoms with Gasteiger partial charge in [0.2, 0.25) is 0 Å². The molecular formula is C15H19FN2. The first-order valence-electron chi connectivity index (χ1n) is 6.49. The monoisotopic (exact) mass is 246 g/mol. The SMILES string of the molecule is CCCc1cc2cc(F)cc(C)c2nc1NCC. The second-order valence-electron chi connectivity index (χ2n) is 4.57. The Hall–Kier alpha value is -1.64. The van der Waals surface area contributed by atoms with Gasteiger partial charge in [0.05, 0.1) is 5.52 Å². The van der Waals surface area contributed by atoms with Crippen molar-refractivity contribution in [3.63, 3.8) is 0 Å². The average molecular weight is 246 g/mol. The fourth-order valence-corrected chi connectivity index (χ4v) is 2.24. The molecule has 0 saturated carbocycles. The number of aryl methyl sites for hydroxylation is 2. The molecule has 0 unspecified atom stereocenters. The summed E-state index contributed by atoms with van der Waals surface area (Å²) in [6.07, 6.45) is 2.01. The zero-order valence-corrected chi connectivity index (χ0v) is 11.2. The van der Waals surface area contributed by atoms with Crippen LogP contribution in [0.3, 0.4) is 0 Å². The van der Waals surface area contributed by atoms with Gasteiger partial charge in [-0.25, -0.2) is 9.37 Å². The Morgan fingerprint density at radius 2 is 2.00 bits per heavy atom. The van der Waals surface area contributed by atoms with E-state index in [2.05, 4.69) is 30.2 Å². The Balaban J connectivity index is 2.63. The number of pyridine rings is 1. The second-order valence-corrected chi connectivity index (χ2v) is 4.57. The highest BCUT2D eigenvalue weighted by Crippen LogP contribution is 2.25. The zero-order chi connectivity index (χ0) is 13.1. The van der Waals surface area contributed by atoms with Crippen LogP contribution in [0.2, 0.25) is 0 Å². The van der Waals surface area contributed by atoms with Crippen LogP contribution in [0.5, 0.6) is 0 Å². The Bertz CT molecular complexity index is 564. The quantitative estimate of drug-likeness (QED) is 0.879. The van der Waals surface area contributed by atoms with Crippen molar-refractivity contribution in [1.29, 1.82) is 0 Å². The highest BCUT2D eigenvalue weighted by molar-refractivity contribution is 5.84. The number of nitrogens with zero attached hydrogens (tertiary/aromatic N) is 1. The first-order chi connectivity index (χ1) is 8.65. The molecule has 2 rings (SSSR count). The lowest BCUT2D eigenvalue weighted by atomic mass is 10.1. The van der Waals surface area contributed by atoms with Gasteiger partial charge in [-0.2, -0.15) is 0 Å². The second kappa shape index (κ2) is 5.34. The predicted octanol–water partition coefficient (Wildman–Crippen LogP) is 4.07. The van der Waals surface area contributed by atoms with Crippen molar-refractivity contribution in [2.75, 3.05) is 11.9 Å². The molecule has 0 aliphatic heterocycles. The van der Waals surface area contributed by atoms with E-state index in [0.717, 1.165) is 47.2 Å². The number of halogens is 1. The van der Waals surface area contributed by atoms with E-state index < -0.39 is 0 Å². The van der Waals surface area contributed by atoms with Crippen molar-refractivity contribution in [2.45, 2.75) is 33.6 Å². The lowest BCUT2D eigenvalue weighted by Gasteiger charge is -2.12. The molecule has 2 nitrogen and oxygen atoms in total. The molecule has 1 N–H and O–H groups in total. The summed E-state index contributed by atoms with van der Waals surface area (Å²) < 4.78 is 13.4. The number of hydrogen-bond donors (Lipinski definition) is 1. The number of anilines is 1. The van der Waals surface area contributed by atoms with Crippen LogP contribution in [0.4, 0.5) is 10.2 Å². The van der Waals surface area contributed by atoms with Crippen LogP contribution >= 0.6 is 0 Å². The fourth-order valence-electron chi connectivity index (χ4n) is 2.24. The maximum Gasteiger partial charge on any atom is 0.129 e. The van der Waals surface area contributed by atoms with E-state index in [9.17, 15) is 4.39 Å². The molecule has 1 aromatic carbocycles. The molecule has 96 valence electrons. The first-order valence-corrected chi connectivity index (χ1v) is 6.49. The summed E-state index contributed by atoms with van der Waals surface area (Å²) in [6, 6.07) is 5.15. The Morgan fingerprint density at radius 1 is 1.22 bits per heavy atom. The minimum absolute atomic E-state index is 0.194. The molecule has 1 aromatic heterocycles. The highest BCUT2D eigenvalue weighted by Gasteiger charge is 2.08. The van der Waals surface area contributed by atoms with Crippen LogP contribution in [-0.4, -0.2) is 11.5 Å². The van der Waals surface area contributed by atoms with Gasteiger partial charge in [0.25, 0.3) is 0 Å². The minimum Gasteiger partial charge on any atom is -0.370 e. The fraction of sp³-hybridized carbons (Fsp3) is 0.400. The molecule has 18 heavy (non-hydrogen) atoms. The third-order valence-corrected chi connectivity index (χ3v) is 3.02. The summed E-state index contributed by atoms with van der Waals surface area (Å²) in [5, 5.41) is 4.18. The molecule has 0 saturated heterocycles. The van der Waals surface area contributed by atoms with Crippen molar-refractivity contribution >= 4 is 16.7 Å². The van der Waals surface area contributed by atoms with Gasteiger partial charge >= 0.3 is 0 Å². The van der Waals surface area contributed by atoms with Crippen LogP contribution in [0.1, 0.15) is 31.4 Å². The van der Waals surface area contributed by atoms with Crippen molar-refractivity contribution in [2.24, 2.45) is 0 Å². The van der Waals surface area contributed by atoms with Gasteiger partial charge in [-0.3, -0.25) is 0 Å². The van der Waals surface area contributed by atoms with Gasteiger partial charge in [0.1, 0.15) is 11.6 Å². The van der Waals surface area contributed by atoms with Crippen molar-refractivity contribution < 1.29 is 4.39 Å². The maximum atomic E-state index is 13.4. The predicted molar refractivity (Wildman–Crippen MR) is 74.6 cm³/mol. The van der Waals surface area contributed by atoms with Crippen LogP contribution in [0, 0.1) is 12.7 Å². The molecule has 3 heteroatoms. The number of hydrogen-bond acceptors (Lipinski definition) is 2. The van der Waals surface area contributed by atoms with Gasteiger partial charge in [0, 0.05) is 11.9 Å². The highest BCUT2D eigenvalue weighted by atomic mass is 19.1. The molecule has 2 aromatic rings. The summed E-state index contributed by atoms with van der Waals surface area (Å²) in [6.45, 7) is 6.93. The number of aromatic nitrogens is 1. The van der Waals surface area contributed by atoms with E-state index in [1.54, 1.807) is 6.07 Å². The van der Waals surface area contributed by atoms with Gasteiger partial charge in [0.15, 0.2) is 0 Å². The van der Waals surface area contributed by atoms with Gasteiger partial charge < -0.3 is 5.32 Å². The molecule has 1 heterocycles. The van der Waals surface area contributed by atoms with E-state index in [4.69, 9.17) is 0 Å². The third kappa shape index (κ3) is 2.45. The molecule has 0 aliphatic rings. The number of benzene rings is 1. The lowest BCUT2D eigenvalue weighted by Crippen LogP contribution is -2.04. The van der Waals surface area contributed by atoms with Crippen molar-refractivity contribution in [3.8, 4) is 0 Å². The van der Waals surface area contributed by atoms with Gasteiger partial charge in [-0.05, 0) is 49.6 Å². The molecule has 0 fully saturated rings. The van der Waals surface area contributed by atoms with Gasteiger partial charge in [-0.15, -0.1) is 0 Å². The topological polar surface area (TPSA) is 24.9 Å². The van der Waals surface area contributed by atoms with E-state index >= 15 is 0 Å². The molecule has 0 atom stereocenters. The smallest absolute Gasteiger partial charge is 0.129 e. The van der Waals surface area contributed by atoms with Crippen molar-refractivity contribution in [1.82, 2.24) is 4.98 Å². The summed E-state index contributed by atoms with van der Waals surface area (Å²) in [5.41, 5.74) is 2.93. The normalized spacial score (nSPS) is 10.9. The number of rotatable bonds is 4. The van der Waals surface area contributed by atoms with Crippen LogP contribution < -0.4 is 5.32 Å². The largest absolute Gasteiger partial charge is 0.370 e. The van der Waals surface area contributed by atoms with Crippen LogP contribution in [0.15, 0.2) is 18.2 Å². The zero-order valence-electron chi connectivity index (χ0n) is 11.2. The number of fused-ring (bicyclic) bond motifs is 1. The summed E-state index contributed by atoms with van der Waals surface area (Å²) >= 11 is 0. The third-order valence-electron chi connectivity index (χ3n) is 3.02. The molecule has 0 amide bonds. The minimum atomic E-state index is -0.194. The van der Waals surface area contributed by atoms with Crippen LogP contribution in [-0.2, 0) is 6.42 Å². The Morgan fingerprint density at radius 3 is 2.67 bits per heavy atom. The average Bonchev–Trinajstić information content (AvgIpc) is 2.31. The molecule has 0 bridgehead atoms. The van der Waals surface area contributed by atoms with E-state index in [1.165, 1.54) is 6.07 Å². The molecular weight excluding hydrogens is 227 g/mol. The Kier molecular flexibility index (Phi) is 3.80. The first kappa shape index (κ1) is 12.8.